The van der Waals surface area contributed by atoms with Crippen LogP contribution in [0.2, 0.25) is 0 Å². The molecule has 7 heteroatoms. The van der Waals surface area contributed by atoms with E-state index >= 15 is 0 Å². The summed E-state index contributed by atoms with van der Waals surface area (Å²) in [6.45, 7) is 4.07. The van der Waals surface area contributed by atoms with E-state index < -0.39 is 0 Å². The Hall–Kier alpha value is -3.45. The number of hydrogen-bond acceptors (Lipinski definition) is 5. The summed E-state index contributed by atoms with van der Waals surface area (Å²) in [7, 11) is 0. The van der Waals surface area contributed by atoms with Gasteiger partial charge in [0.15, 0.2) is 5.16 Å². The quantitative estimate of drug-likeness (QED) is 0.324. The van der Waals surface area contributed by atoms with Crippen molar-refractivity contribution in [1.82, 2.24) is 23.9 Å². The molecule has 0 unspecified atom stereocenters. The molecule has 0 saturated heterocycles. The minimum atomic E-state index is -0.0632. The van der Waals surface area contributed by atoms with Gasteiger partial charge < -0.3 is 0 Å². The lowest BCUT2D eigenvalue weighted by Gasteiger charge is -2.15. The van der Waals surface area contributed by atoms with E-state index in [-0.39, 0.29) is 5.56 Å². The summed E-state index contributed by atoms with van der Waals surface area (Å²) in [6, 6.07) is 15.4. The highest BCUT2D eigenvalue weighted by Gasteiger charge is 2.15. The number of imidazole rings is 1. The van der Waals surface area contributed by atoms with Gasteiger partial charge >= 0.3 is 0 Å². The van der Waals surface area contributed by atoms with Gasteiger partial charge in [-0.25, -0.2) is 15.0 Å². The number of hydrogen-bond donors (Lipinski definition) is 0. The Bertz CT molecular complexity index is 1420. The van der Waals surface area contributed by atoms with Gasteiger partial charge in [-0.15, -0.1) is 0 Å². The summed E-state index contributed by atoms with van der Waals surface area (Å²) >= 11 is 1.50. The van der Waals surface area contributed by atoms with Crippen molar-refractivity contribution < 1.29 is 0 Å². The van der Waals surface area contributed by atoms with E-state index in [2.05, 4.69) is 16.0 Å². The van der Waals surface area contributed by atoms with Gasteiger partial charge in [-0.2, -0.15) is 0 Å². The monoisotopic (exact) mass is 413 g/mol. The molecule has 0 spiro atoms. The standard InChI is InChI=1S/C23H19N5OS/c1-15-8-9-20(16(2)12-15)28-21(29)18-6-3-4-7-19(18)26-23(28)30-14-17-13-27-11-5-10-24-22(27)25-17/h3-13H,14H2,1-2H3. The maximum atomic E-state index is 13.4. The SMILES string of the molecule is Cc1ccc(-n2c(SCc3cn4cccnc4n3)nc3ccccc3c2=O)c(C)c1. The number of para-hydroxylation sites is 1. The fourth-order valence-corrected chi connectivity index (χ4v) is 4.45. The second-order valence-corrected chi connectivity index (χ2v) is 8.13. The van der Waals surface area contributed by atoms with E-state index in [0.29, 0.717) is 27.6 Å². The number of aromatic nitrogens is 5. The zero-order valence-electron chi connectivity index (χ0n) is 16.6. The molecule has 0 radical (unpaired) electrons. The van der Waals surface area contributed by atoms with E-state index in [1.54, 1.807) is 10.8 Å². The molecule has 3 aromatic heterocycles. The van der Waals surface area contributed by atoms with Crippen LogP contribution in [0.4, 0.5) is 0 Å². The van der Waals surface area contributed by atoms with Gasteiger partial charge in [-0.05, 0) is 43.7 Å². The fraction of sp³-hybridized carbons (Fsp3) is 0.130. The average molecular weight is 414 g/mol. The molecule has 3 heterocycles. The third kappa shape index (κ3) is 3.27. The molecule has 0 N–H and O–H groups in total. The molecule has 5 rings (SSSR count). The van der Waals surface area contributed by atoms with Crippen molar-refractivity contribution in [2.45, 2.75) is 24.8 Å². The largest absolute Gasteiger partial charge is 0.291 e. The van der Waals surface area contributed by atoms with Gasteiger partial charge in [-0.1, -0.05) is 41.6 Å². The van der Waals surface area contributed by atoms with Crippen molar-refractivity contribution in [3.8, 4) is 5.69 Å². The van der Waals surface area contributed by atoms with Crippen LogP contribution in [-0.2, 0) is 5.75 Å². The molecule has 0 bridgehead atoms. The van der Waals surface area contributed by atoms with Crippen LogP contribution in [0.15, 0.2) is 77.1 Å². The van der Waals surface area contributed by atoms with Crippen LogP contribution in [0.25, 0.3) is 22.4 Å². The van der Waals surface area contributed by atoms with Crippen molar-refractivity contribution in [3.05, 3.63) is 94.3 Å². The lowest BCUT2D eigenvalue weighted by Crippen LogP contribution is -2.22. The lowest BCUT2D eigenvalue weighted by molar-refractivity contribution is 0.813. The summed E-state index contributed by atoms with van der Waals surface area (Å²) in [4.78, 5) is 27.1. The van der Waals surface area contributed by atoms with E-state index in [9.17, 15) is 4.79 Å². The minimum absolute atomic E-state index is 0.0632. The van der Waals surface area contributed by atoms with E-state index in [1.165, 1.54) is 11.8 Å². The summed E-state index contributed by atoms with van der Waals surface area (Å²) in [5.41, 5.74) is 4.56. The Morgan fingerprint density at radius 1 is 1.03 bits per heavy atom. The topological polar surface area (TPSA) is 65.1 Å². The smallest absolute Gasteiger partial charge is 0.266 e. The predicted octanol–water partition coefficient (Wildman–Crippen LogP) is 4.34. The van der Waals surface area contributed by atoms with Gasteiger partial charge in [0.05, 0.1) is 22.3 Å². The maximum absolute atomic E-state index is 13.4. The van der Waals surface area contributed by atoms with Gasteiger partial charge in [0.2, 0.25) is 5.78 Å². The van der Waals surface area contributed by atoms with Crippen LogP contribution in [0, 0.1) is 13.8 Å². The van der Waals surface area contributed by atoms with Crippen molar-refractivity contribution in [3.63, 3.8) is 0 Å². The molecule has 0 aliphatic carbocycles. The first-order chi connectivity index (χ1) is 14.6. The Morgan fingerprint density at radius 3 is 2.73 bits per heavy atom. The van der Waals surface area contributed by atoms with Gasteiger partial charge in [0, 0.05) is 24.3 Å². The Labute approximate surface area is 177 Å². The maximum Gasteiger partial charge on any atom is 0.266 e. The van der Waals surface area contributed by atoms with Gasteiger partial charge in [-0.3, -0.25) is 13.8 Å². The van der Waals surface area contributed by atoms with Crippen molar-refractivity contribution >= 4 is 28.4 Å². The summed E-state index contributed by atoms with van der Waals surface area (Å²) in [5, 5.41) is 1.26. The van der Waals surface area contributed by atoms with Crippen LogP contribution in [0.5, 0.6) is 0 Å². The number of rotatable bonds is 4. The molecule has 0 saturated carbocycles. The molecule has 0 aliphatic heterocycles. The Kier molecular flexibility index (Phi) is 4.59. The first-order valence-electron chi connectivity index (χ1n) is 9.61. The molecule has 148 valence electrons. The lowest BCUT2D eigenvalue weighted by atomic mass is 10.1. The average Bonchev–Trinajstić information content (AvgIpc) is 3.16. The van der Waals surface area contributed by atoms with Crippen molar-refractivity contribution in [2.75, 3.05) is 0 Å². The first kappa shape index (κ1) is 18.6. The highest BCUT2D eigenvalue weighted by atomic mass is 32.2. The van der Waals surface area contributed by atoms with Gasteiger partial charge in [0.1, 0.15) is 0 Å². The second kappa shape index (κ2) is 7.42. The molecule has 0 fully saturated rings. The molecule has 2 aromatic carbocycles. The molecule has 0 amide bonds. The van der Waals surface area contributed by atoms with E-state index in [0.717, 1.165) is 22.5 Å². The second-order valence-electron chi connectivity index (χ2n) is 7.19. The molecular weight excluding hydrogens is 394 g/mol. The first-order valence-corrected chi connectivity index (χ1v) is 10.6. The van der Waals surface area contributed by atoms with Crippen LogP contribution in [0.1, 0.15) is 16.8 Å². The summed E-state index contributed by atoms with van der Waals surface area (Å²) < 4.78 is 3.61. The highest BCUT2D eigenvalue weighted by molar-refractivity contribution is 7.98. The molecule has 5 aromatic rings. The predicted molar refractivity (Wildman–Crippen MR) is 119 cm³/mol. The van der Waals surface area contributed by atoms with Gasteiger partial charge in [0.25, 0.3) is 5.56 Å². The van der Waals surface area contributed by atoms with E-state index in [1.807, 2.05) is 73.1 Å². The highest BCUT2D eigenvalue weighted by Crippen LogP contribution is 2.26. The fourth-order valence-electron chi connectivity index (χ4n) is 3.57. The molecular formula is C23H19N5OS. The summed E-state index contributed by atoms with van der Waals surface area (Å²) in [5.74, 6) is 1.24. The zero-order chi connectivity index (χ0) is 20.7. The Morgan fingerprint density at radius 2 is 1.90 bits per heavy atom. The zero-order valence-corrected chi connectivity index (χ0v) is 17.4. The van der Waals surface area contributed by atoms with Crippen LogP contribution < -0.4 is 5.56 Å². The number of benzene rings is 2. The molecule has 0 atom stereocenters. The van der Waals surface area contributed by atoms with Crippen LogP contribution in [0.3, 0.4) is 0 Å². The molecule has 30 heavy (non-hydrogen) atoms. The number of thioether (sulfide) groups is 1. The Balaban J connectivity index is 1.63. The minimum Gasteiger partial charge on any atom is -0.291 e. The number of fused-ring (bicyclic) bond motifs is 2. The number of nitrogens with zero attached hydrogens (tertiary/aromatic N) is 5. The molecule has 0 aliphatic rings. The van der Waals surface area contributed by atoms with E-state index in [4.69, 9.17) is 4.98 Å². The molecule has 6 nitrogen and oxygen atoms in total. The van der Waals surface area contributed by atoms with Crippen molar-refractivity contribution in [1.29, 1.82) is 0 Å². The van der Waals surface area contributed by atoms with Crippen LogP contribution in [-0.4, -0.2) is 23.9 Å². The third-order valence-electron chi connectivity index (χ3n) is 4.97. The third-order valence-corrected chi connectivity index (χ3v) is 5.94. The summed E-state index contributed by atoms with van der Waals surface area (Å²) in [6.07, 6.45) is 5.60. The van der Waals surface area contributed by atoms with Crippen LogP contribution >= 0.6 is 11.8 Å². The normalized spacial score (nSPS) is 11.4. The van der Waals surface area contributed by atoms with Crippen molar-refractivity contribution in [2.24, 2.45) is 0 Å². The number of aryl methyl sites for hydroxylation is 2.